The van der Waals surface area contributed by atoms with Gasteiger partial charge < -0.3 is 4.74 Å². The fraction of sp³-hybridized carbons (Fsp3) is 0.500. The van der Waals surface area contributed by atoms with Crippen LogP contribution in [0.4, 0.5) is 0 Å². The van der Waals surface area contributed by atoms with E-state index in [1.807, 2.05) is 0 Å². The minimum Gasteiger partial charge on any atom is -0.491 e. The molecule has 106 valence electrons. The first-order chi connectivity index (χ1) is 8.88. The second-order valence-corrected chi connectivity index (χ2v) is 8.89. The standard InChI is InChI=1S/C12H13Br2ClO3S/c13-10-5-9(19(15,16)17)6-11(14)12(10)18-7-8-3-1-2-4-8/h5-6,8H,1-4,7H2. The van der Waals surface area contributed by atoms with Crippen molar-refractivity contribution in [1.29, 1.82) is 0 Å². The molecule has 0 atom stereocenters. The van der Waals surface area contributed by atoms with Gasteiger partial charge in [0.05, 0.1) is 20.4 Å². The smallest absolute Gasteiger partial charge is 0.261 e. The zero-order valence-corrected chi connectivity index (χ0v) is 14.8. The van der Waals surface area contributed by atoms with Crippen molar-refractivity contribution in [2.45, 2.75) is 30.6 Å². The Kier molecular flexibility index (Phi) is 5.20. The summed E-state index contributed by atoms with van der Waals surface area (Å²) in [6.07, 6.45) is 4.92. The van der Waals surface area contributed by atoms with Crippen LogP contribution in [0.3, 0.4) is 0 Å². The molecule has 0 radical (unpaired) electrons. The summed E-state index contributed by atoms with van der Waals surface area (Å²) in [5.41, 5.74) is 0. The zero-order chi connectivity index (χ0) is 14.0. The summed E-state index contributed by atoms with van der Waals surface area (Å²) in [7, 11) is 1.59. The van der Waals surface area contributed by atoms with Crippen molar-refractivity contribution >= 4 is 51.6 Å². The normalized spacial score (nSPS) is 16.8. The van der Waals surface area contributed by atoms with Crippen LogP contribution in [0.1, 0.15) is 25.7 Å². The van der Waals surface area contributed by atoms with E-state index in [9.17, 15) is 8.42 Å². The highest BCUT2D eigenvalue weighted by atomic mass is 79.9. The van der Waals surface area contributed by atoms with Crippen LogP contribution in [0.25, 0.3) is 0 Å². The Morgan fingerprint density at radius 3 is 2.21 bits per heavy atom. The number of rotatable bonds is 4. The molecule has 7 heteroatoms. The van der Waals surface area contributed by atoms with Crippen molar-refractivity contribution < 1.29 is 13.2 Å². The van der Waals surface area contributed by atoms with Gasteiger partial charge >= 0.3 is 0 Å². The molecule has 2 rings (SSSR count). The van der Waals surface area contributed by atoms with E-state index < -0.39 is 9.05 Å². The molecule has 1 aromatic rings. The van der Waals surface area contributed by atoms with Gasteiger partial charge in [0.25, 0.3) is 9.05 Å². The Labute approximate surface area is 134 Å². The van der Waals surface area contributed by atoms with Crippen molar-refractivity contribution in [3.05, 3.63) is 21.1 Å². The first kappa shape index (κ1) is 15.6. The third-order valence-electron chi connectivity index (χ3n) is 3.19. The predicted octanol–water partition coefficient (Wildman–Crippen LogP) is 4.71. The molecular formula is C12H13Br2ClO3S. The minimum absolute atomic E-state index is 0.0427. The maximum Gasteiger partial charge on any atom is 0.261 e. The Morgan fingerprint density at radius 1 is 1.21 bits per heavy atom. The molecule has 0 saturated heterocycles. The van der Waals surface area contributed by atoms with Gasteiger partial charge in [-0.25, -0.2) is 8.42 Å². The van der Waals surface area contributed by atoms with E-state index in [0.717, 1.165) is 0 Å². The molecule has 0 unspecified atom stereocenters. The van der Waals surface area contributed by atoms with E-state index in [1.165, 1.54) is 37.8 Å². The summed E-state index contributed by atoms with van der Waals surface area (Å²) < 4.78 is 29.5. The van der Waals surface area contributed by atoms with Crippen molar-refractivity contribution in [2.24, 2.45) is 5.92 Å². The lowest BCUT2D eigenvalue weighted by Crippen LogP contribution is -2.09. The molecule has 0 N–H and O–H groups in total. The van der Waals surface area contributed by atoms with Crippen LogP contribution in [0.5, 0.6) is 5.75 Å². The van der Waals surface area contributed by atoms with E-state index in [-0.39, 0.29) is 4.90 Å². The monoisotopic (exact) mass is 430 g/mol. The van der Waals surface area contributed by atoms with E-state index >= 15 is 0 Å². The topological polar surface area (TPSA) is 43.4 Å². The molecule has 0 spiro atoms. The molecule has 19 heavy (non-hydrogen) atoms. The molecule has 1 aliphatic rings. The fourth-order valence-corrected chi connectivity index (χ4v) is 4.70. The van der Waals surface area contributed by atoms with Gasteiger partial charge in [0.1, 0.15) is 5.75 Å². The van der Waals surface area contributed by atoms with Crippen LogP contribution >= 0.6 is 42.5 Å². The molecule has 0 bridgehead atoms. The van der Waals surface area contributed by atoms with Gasteiger partial charge in [0.15, 0.2) is 0 Å². The van der Waals surface area contributed by atoms with Crippen molar-refractivity contribution in [2.75, 3.05) is 6.61 Å². The van der Waals surface area contributed by atoms with Gasteiger partial charge in [-0.05, 0) is 62.8 Å². The molecule has 0 aliphatic heterocycles. The average Bonchev–Trinajstić information content (AvgIpc) is 2.79. The Morgan fingerprint density at radius 2 is 1.74 bits per heavy atom. The second kappa shape index (κ2) is 6.33. The lowest BCUT2D eigenvalue weighted by atomic mass is 10.1. The average molecular weight is 433 g/mol. The van der Waals surface area contributed by atoms with Crippen molar-refractivity contribution in [3.8, 4) is 5.75 Å². The summed E-state index contributed by atoms with van der Waals surface area (Å²) in [5.74, 6) is 1.21. The van der Waals surface area contributed by atoms with Gasteiger partial charge in [-0.2, -0.15) is 0 Å². The van der Waals surface area contributed by atoms with Gasteiger partial charge in [-0.15, -0.1) is 0 Å². The number of ether oxygens (including phenoxy) is 1. The maximum atomic E-state index is 11.3. The van der Waals surface area contributed by atoms with Gasteiger partial charge in [-0.3, -0.25) is 0 Å². The summed E-state index contributed by atoms with van der Waals surface area (Å²) >= 11 is 6.64. The Bertz CT molecular complexity index is 545. The summed E-state index contributed by atoms with van der Waals surface area (Å²) in [5, 5.41) is 0. The van der Waals surface area contributed by atoms with Crippen LogP contribution in [-0.2, 0) is 9.05 Å². The van der Waals surface area contributed by atoms with Crippen molar-refractivity contribution in [1.82, 2.24) is 0 Å². The predicted molar refractivity (Wildman–Crippen MR) is 82.3 cm³/mol. The van der Waals surface area contributed by atoms with Crippen LogP contribution < -0.4 is 4.74 Å². The van der Waals surface area contributed by atoms with E-state index in [2.05, 4.69) is 31.9 Å². The highest BCUT2D eigenvalue weighted by Gasteiger charge is 2.19. The largest absolute Gasteiger partial charge is 0.491 e. The quantitative estimate of drug-likeness (QED) is 0.648. The first-order valence-corrected chi connectivity index (χ1v) is 9.84. The lowest BCUT2D eigenvalue weighted by molar-refractivity contribution is 0.249. The third kappa shape index (κ3) is 4.09. The second-order valence-electron chi connectivity index (χ2n) is 4.62. The molecule has 0 heterocycles. The van der Waals surface area contributed by atoms with Crippen LogP contribution in [0.15, 0.2) is 26.0 Å². The van der Waals surface area contributed by atoms with Crippen molar-refractivity contribution in [3.63, 3.8) is 0 Å². The molecule has 3 nitrogen and oxygen atoms in total. The molecule has 1 aliphatic carbocycles. The molecule has 1 aromatic carbocycles. The van der Waals surface area contributed by atoms with E-state index in [1.54, 1.807) is 0 Å². The molecule has 0 aromatic heterocycles. The maximum absolute atomic E-state index is 11.3. The molecule has 1 fully saturated rings. The van der Waals surface area contributed by atoms with Crippen LogP contribution in [0, 0.1) is 5.92 Å². The van der Waals surface area contributed by atoms with Crippen LogP contribution in [-0.4, -0.2) is 15.0 Å². The van der Waals surface area contributed by atoms with Gasteiger partial charge in [0.2, 0.25) is 0 Å². The lowest BCUT2D eigenvalue weighted by Gasteiger charge is -2.14. The Hall–Kier alpha value is 0.220. The van der Waals surface area contributed by atoms with Gasteiger partial charge in [-0.1, -0.05) is 12.8 Å². The van der Waals surface area contributed by atoms with Crippen LogP contribution in [0.2, 0.25) is 0 Å². The third-order valence-corrected chi connectivity index (χ3v) is 5.70. The Balaban J connectivity index is 2.17. The highest BCUT2D eigenvalue weighted by Crippen LogP contribution is 2.37. The number of benzene rings is 1. The number of hydrogen-bond donors (Lipinski definition) is 0. The molecule has 0 amide bonds. The van der Waals surface area contributed by atoms with Gasteiger partial charge in [0, 0.05) is 10.7 Å². The number of hydrogen-bond acceptors (Lipinski definition) is 3. The summed E-state index contributed by atoms with van der Waals surface area (Å²) in [4.78, 5) is 0.0427. The molecule has 1 saturated carbocycles. The SMILES string of the molecule is O=S(=O)(Cl)c1cc(Br)c(OCC2CCCC2)c(Br)c1. The minimum atomic E-state index is -3.74. The zero-order valence-electron chi connectivity index (χ0n) is 10.0. The van der Waals surface area contributed by atoms with E-state index in [0.29, 0.717) is 27.2 Å². The number of halogens is 3. The summed E-state index contributed by atoms with van der Waals surface area (Å²) in [6, 6.07) is 2.91. The summed E-state index contributed by atoms with van der Waals surface area (Å²) in [6.45, 7) is 0.657. The highest BCUT2D eigenvalue weighted by molar-refractivity contribution is 9.11. The fourth-order valence-electron chi connectivity index (χ4n) is 2.19. The van der Waals surface area contributed by atoms with E-state index in [4.69, 9.17) is 15.4 Å². The first-order valence-electron chi connectivity index (χ1n) is 5.94. The molecular weight excluding hydrogens is 419 g/mol.